The van der Waals surface area contributed by atoms with E-state index in [1.165, 1.54) is 70.6 Å². The second kappa shape index (κ2) is 30.7. The van der Waals surface area contributed by atoms with Crippen LogP contribution >= 0.6 is 0 Å². The Balaban J connectivity index is 2.51. The zero-order valence-corrected chi connectivity index (χ0v) is 33.0. The summed E-state index contributed by atoms with van der Waals surface area (Å²) in [7, 11) is -4.59. The number of allylic oxidation sites excluding steroid dienone is 2. The topological polar surface area (TPSA) is 186 Å². The fourth-order valence-corrected chi connectivity index (χ4v) is 6.83. The molecule has 0 aromatic heterocycles. The summed E-state index contributed by atoms with van der Waals surface area (Å²) in [6, 6.07) is 0. The largest absolute Gasteiger partial charge is 0.462 e. The zero-order chi connectivity index (χ0) is 38.5. The molecule has 0 aliphatic carbocycles. The van der Waals surface area contributed by atoms with Gasteiger partial charge in [-0.1, -0.05) is 129 Å². The van der Waals surface area contributed by atoms with Crippen molar-refractivity contribution in [3.8, 4) is 0 Å². The van der Waals surface area contributed by atoms with Crippen molar-refractivity contribution >= 4 is 22.1 Å². The van der Waals surface area contributed by atoms with Gasteiger partial charge in [-0.05, 0) is 38.5 Å². The van der Waals surface area contributed by atoms with E-state index in [0.29, 0.717) is 12.8 Å². The van der Waals surface area contributed by atoms with Crippen LogP contribution in [0.3, 0.4) is 0 Å². The molecule has 6 unspecified atom stereocenters. The van der Waals surface area contributed by atoms with E-state index in [9.17, 15) is 37.9 Å². The molecule has 12 nitrogen and oxygen atoms in total. The molecule has 13 heteroatoms. The number of hydrogen-bond donors (Lipinski definition) is 4. The number of aliphatic hydroxyl groups excluding tert-OH is 3. The lowest BCUT2D eigenvalue weighted by Crippen LogP contribution is -2.60. The third-order valence-corrected chi connectivity index (χ3v) is 10.1. The minimum atomic E-state index is -4.59. The summed E-state index contributed by atoms with van der Waals surface area (Å²) in [4.78, 5) is 25.2. The number of aliphatic hydroxyl groups is 3. The summed E-state index contributed by atoms with van der Waals surface area (Å²) in [5, 5.41) is 30.7. The summed E-state index contributed by atoms with van der Waals surface area (Å²) in [5.74, 6) is -1.99. The highest BCUT2D eigenvalue weighted by Crippen LogP contribution is 2.24. The Hall–Kier alpha value is -1.61. The van der Waals surface area contributed by atoms with Crippen molar-refractivity contribution in [3.05, 3.63) is 12.2 Å². The molecule has 1 aliphatic heterocycles. The number of ether oxygens (including phenoxy) is 4. The SMILES string of the molecule is CCCCCC/C=C\CCCCCCCC(=O)OC(COC(=O)CCCCCCCCCCCCC)COC1OC(CS(=O)(=O)O)C(O)C(O)C1O. The predicted octanol–water partition coefficient (Wildman–Crippen LogP) is 7.11. The fourth-order valence-electron chi connectivity index (χ4n) is 6.14. The Morgan fingerprint density at radius 3 is 1.62 bits per heavy atom. The van der Waals surface area contributed by atoms with Gasteiger partial charge in [0.1, 0.15) is 36.8 Å². The molecular formula is C39H72O12S. The van der Waals surface area contributed by atoms with Gasteiger partial charge >= 0.3 is 11.9 Å². The van der Waals surface area contributed by atoms with Crippen LogP contribution in [0.25, 0.3) is 0 Å². The molecule has 1 aliphatic rings. The predicted molar refractivity (Wildman–Crippen MR) is 201 cm³/mol. The van der Waals surface area contributed by atoms with E-state index in [1.54, 1.807) is 0 Å². The van der Waals surface area contributed by atoms with E-state index in [0.717, 1.165) is 57.8 Å². The lowest BCUT2D eigenvalue weighted by atomic mass is 10.00. The first-order valence-corrected chi connectivity index (χ1v) is 21.9. The van der Waals surface area contributed by atoms with Crippen molar-refractivity contribution in [3.63, 3.8) is 0 Å². The van der Waals surface area contributed by atoms with Crippen molar-refractivity contribution in [2.45, 2.75) is 205 Å². The molecule has 0 aromatic rings. The van der Waals surface area contributed by atoms with E-state index in [4.69, 9.17) is 18.9 Å². The third-order valence-electron chi connectivity index (χ3n) is 9.35. The first-order chi connectivity index (χ1) is 25.0. The van der Waals surface area contributed by atoms with Gasteiger partial charge in [0.15, 0.2) is 12.4 Å². The van der Waals surface area contributed by atoms with Gasteiger partial charge in [0.25, 0.3) is 10.1 Å². The van der Waals surface area contributed by atoms with E-state index in [1.807, 2.05) is 0 Å². The van der Waals surface area contributed by atoms with Crippen LogP contribution in [-0.4, -0.2) is 96.0 Å². The van der Waals surface area contributed by atoms with E-state index in [-0.39, 0.29) is 19.4 Å². The average Bonchev–Trinajstić information content (AvgIpc) is 3.10. The monoisotopic (exact) mass is 764 g/mol. The maximum Gasteiger partial charge on any atom is 0.306 e. The first-order valence-electron chi connectivity index (χ1n) is 20.2. The average molecular weight is 765 g/mol. The maximum atomic E-state index is 12.7. The summed E-state index contributed by atoms with van der Waals surface area (Å²) >= 11 is 0. The molecule has 1 heterocycles. The van der Waals surface area contributed by atoms with Crippen LogP contribution in [0.5, 0.6) is 0 Å². The van der Waals surface area contributed by atoms with Gasteiger partial charge in [0.2, 0.25) is 0 Å². The van der Waals surface area contributed by atoms with Crippen LogP contribution in [0, 0.1) is 0 Å². The number of carbonyl (C=O) groups excluding carboxylic acids is 2. The van der Waals surface area contributed by atoms with Crippen LogP contribution in [0.1, 0.15) is 168 Å². The number of unbranched alkanes of at least 4 members (excludes halogenated alkanes) is 19. The van der Waals surface area contributed by atoms with Crippen molar-refractivity contribution in [2.75, 3.05) is 19.0 Å². The standard InChI is InChI=1S/C39H72O12S/c1-3-5-7-9-11-13-15-16-18-20-22-24-26-28-35(41)50-32(29-48-34(40)27-25-23-21-19-17-14-12-10-8-6-4-2)30-49-39-38(44)37(43)36(42)33(51-39)31-52(45,46)47/h13,15,32-33,36-39,42-44H,3-12,14,16-31H2,1-2H3,(H,45,46,47)/b15-13-. The third kappa shape index (κ3) is 25.4. The Labute approximate surface area is 314 Å². The van der Waals surface area contributed by atoms with E-state index in [2.05, 4.69) is 26.0 Å². The highest BCUT2D eigenvalue weighted by atomic mass is 32.2. The highest BCUT2D eigenvalue weighted by Gasteiger charge is 2.46. The Morgan fingerprint density at radius 1 is 0.635 bits per heavy atom. The van der Waals surface area contributed by atoms with Gasteiger partial charge in [0, 0.05) is 12.8 Å². The molecule has 0 aromatic carbocycles. The molecule has 0 saturated carbocycles. The maximum absolute atomic E-state index is 12.7. The molecule has 1 saturated heterocycles. The van der Waals surface area contributed by atoms with Gasteiger partial charge in [-0.3, -0.25) is 14.1 Å². The molecule has 0 bridgehead atoms. The summed E-state index contributed by atoms with van der Waals surface area (Å²) < 4.78 is 53.8. The zero-order valence-electron chi connectivity index (χ0n) is 32.2. The van der Waals surface area contributed by atoms with Crippen molar-refractivity contribution < 1.29 is 56.8 Å². The Kier molecular flexibility index (Phi) is 28.6. The smallest absolute Gasteiger partial charge is 0.306 e. The van der Waals surface area contributed by atoms with E-state index < -0.39 is 71.2 Å². The summed E-state index contributed by atoms with van der Waals surface area (Å²) in [6.45, 7) is 3.71. The van der Waals surface area contributed by atoms with Crippen LogP contribution in [0.15, 0.2) is 12.2 Å². The molecule has 4 N–H and O–H groups in total. The normalized spacial score (nSPS) is 21.4. The first kappa shape index (κ1) is 48.4. The van der Waals surface area contributed by atoms with Crippen molar-refractivity contribution in [1.29, 1.82) is 0 Å². The molecule has 0 spiro atoms. The minimum absolute atomic E-state index is 0.157. The fraction of sp³-hybridized carbons (Fsp3) is 0.897. The van der Waals surface area contributed by atoms with Crippen LogP contribution in [-0.2, 0) is 38.7 Å². The molecule has 52 heavy (non-hydrogen) atoms. The van der Waals surface area contributed by atoms with Gasteiger partial charge in [-0.25, -0.2) is 0 Å². The van der Waals surface area contributed by atoms with Crippen LogP contribution in [0.4, 0.5) is 0 Å². The van der Waals surface area contributed by atoms with Crippen LogP contribution in [0.2, 0.25) is 0 Å². The molecular weight excluding hydrogens is 692 g/mol. The Morgan fingerprint density at radius 2 is 1.10 bits per heavy atom. The molecule has 0 radical (unpaired) electrons. The van der Waals surface area contributed by atoms with Crippen LogP contribution < -0.4 is 0 Å². The van der Waals surface area contributed by atoms with Gasteiger partial charge in [-0.2, -0.15) is 8.42 Å². The number of hydrogen-bond acceptors (Lipinski definition) is 11. The second-order valence-electron chi connectivity index (χ2n) is 14.3. The van der Waals surface area contributed by atoms with Gasteiger partial charge in [-0.15, -0.1) is 0 Å². The summed E-state index contributed by atoms with van der Waals surface area (Å²) in [5.41, 5.74) is 0. The van der Waals surface area contributed by atoms with Crippen molar-refractivity contribution in [2.24, 2.45) is 0 Å². The van der Waals surface area contributed by atoms with Gasteiger partial charge in [0.05, 0.1) is 6.61 Å². The lowest BCUT2D eigenvalue weighted by Gasteiger charge is -2.40. The number of rotatable bonds is 33. The number of esters is 2. The van der Waals surface area contributed by atoms with Crippen molar-refractivity contribution in [1.82, 2.24) is 0 Å². The highest BCUT2D eigenvalue weighted by molar-refractivity contribution is 7.85. The number of carbonyl (C=O) groups is 2. The second-order valence-corrected chi connectivity index (χ2v) is 15.8. The lowest BCUT2D eigenvalue weighted by molar-refractivity contribution is -0.297. The molecule has 0 amide bonds. The summed E-state index contributed by atoms with van der Waals surface area (Å²) in [6.07, 6.45) is 19.8. The molecule has 1 fully saturated rings. The quantitative estimate of drug-likeness (QED) is 0.0230. The molecule has 306 valence electrons. The minimum Gasteiger partial charge on any atom is -0.462 e. The Bertz CT molecular complexity index is 1040. The van der Waals surface area contributed by atoms with E-state index >= 15 is 0 Å². The van der Waals surface area contributed by atoms with Gasteiger partial charge < -0.3 is 34.3 Å². The molecule has 6 atom stereocenters. The molecule has 1 rings (SSSR count).